The van der Waals surface area contributed by atoms with Crippen LogP contribution in [-0.4, -0.2) is 0 Å². The highest BCUT2D eigenvalue weighted by atomic mass is 15.1. The molecule has 0 heterocycles. The summed E-state index contributed by atoms with van der Waals surface area (Å²) in [6.45, 7) is 9.48. The SMILES string of the molecule is CCCCCCCCC1(CCCCCCCC)C2=Cc3ccc(N(c4ccccc4)c4ccc(-c5ccccc5)cc4)cc3C2C(CCCCCCCC)(CCCCCCCC)C2=C1c1cc(N(c3ccccc3)c3ccc(-c4ccccc4)cc3)ccc1C2. The van der Waals surface area contributed by atoms with E-state index in [0.717, 1.165) is 6.42 Å². The summed E-state index contributed by atoms with van der Waals surface area (Å²) in [6.07, 6.45) is 40.4. The lowest BCUT2D eigenvalue weighted by atomic mass is 9.48. The van der Waals surface area contributed by atoms with E-state index in [2.05, 4.69) is 250 Å². The third-order valence-electron chi connectivity index (χ3n) is 21.1. The summed E-state index contributed by atoms with van der Waals surface area (Å²) >= 11 is 0. The second-order valence-electron chi connectivity index (χ2n) is 27.2. The summed E-state index contributed by atoms with van der Waals surface area (Å²) in [6, 6.07) is 78.6. The molecule has 0 aliphatic heterocycles. The Morgan fingerprint density at radius 3 is 1.13 bits per heavy atom. The minimum Gasteiger partial charge on any atom is -0.310 e. The number of hydrogen-bond donors (Lipinski definition) is 0. The minimum absolute atomic E-state index is 0.0210. The molecule has 90 heavy (non-hydrogen) atoms. The predicted octanol–water partition coefficient (Wildman–Crippen LogP) is 27.4. The van der Waals surface area contributed by atoms with Crippen molar-refractivity contribution < 1.29 is 0 Å². The van der Waals surface area contributed by atoms with Crippen molar-refractivity contribution in [3.63, 3.8) is 0 Å². The number of unbranched alkanes of at least 4 members (excludes halogenated alkanes) is 20. The number of benzene rings is 8. The second-order valence-corrected chi connectivity index (χ2v) is 27.2. The van der Waals surface area contributed by atoms with Crippen molar-refractivity contribution in [2.75, 3.05) is 9.80 Å². The maximum absolute atomic E-state index is 2.85. The van der Waals surface area contributed by atoms with E-state index < -0.39 is 0 Å². The molecule has 0 amide bonds. The largest absolute Gasteiger partial charge is 0.310 e. The fourth-order valence-electron chi connectivity index (χ4n) is 16.5. The normalized spacial score (nSPS) is 15.1. The second kappa shape index (κ2) is 32.2. The van der Waals surface area contributed by atoms with Crippen LogP contribution < -0.4 is 9.80 Å². The molecule has 1 unspecified atom stereocenters. The average Bonchev–Trinajstić information content (AvgIpc) is 1.48. The van der Waals surface area contributed by atoms with Crippen LogP contribution in [0.4, 0.5) is 34.1 Å². The molecule has 2 heteroatoms. The molecule has 0 saturated heterocycles. The lowest BCUT2D eigenvalue weighted by Crippen LogP contribution is -2.43. The van der Waals surface area contributed by atoms with Crippen molar-refractivity contribution in [1.82, 2.24) is 0 Å². The molecule has 0 N–H and O–H groups in total. The van der Waals surface area contributed by atoms with Gasteiger partial charge in [0.05, 0.1) is 0 Å². The van der Waals surface area contributed by atoms with Crippen molar-refractivity contribution in [2.45, 2.75) is 220 Å². The highest BCUT2D eigenvalue weighted by Gasteiger charge is 2.59. The van der Waals surface area contributed by atoms with Crippen molar-refractivity contribution >= 4 is 45.8 Å². The number of anilines is 6. The van der Waals surface area contributed by atoms with E-state index in [0.29, 0.717) is 5.92 Å². The van der Waals surface area contributed by atoms with Crippen molar-refractivity contribution in [3.8, 4) is 22.3 Å². The Hall–Kier alpha value is -7.16. The number of rotatable bonds is 36. The molecule has 0 bridgehead atoms. The molecule has 11 rings (SSSR count). The van der Waals surface area contributed by atoms with Gasteiger partial charge in [-0.1, -0.05) is 332 Å². The fraction of sp³-hybridized carbons (Fsp3) is 0.409. The lowest BCUT2D eigenvalue weighted by molar-refractivity contribution is 0.196. The molecule has 3 aliphatic rings. The molecule has 0 radical (unpaired) electrons. The minimum atomic E-state index is -0.0917. The van der Waals surface area contributed by atoms with Gasteiger partial charge >= 0.3 is 0 Å². The van der Waals surface area contributed by atoms with Crippen LogP contribution in [0.3, 0.4) is 0 Å². The van der Waals surface area contributed by atoms with E-state index in [4.69, 9.17) is 0 Å². The van der Waals surface area contributed by atoms with Crippen LogP contribution in [0.2, 0.25) is 0 Å². The molecule has 2 nitrogen and oxygen atoms in total. The van der Waals surface area contributed by atoms with E-state index >= 15 is 0 Å². The van der Waals surface area contributed by atoms with Crippen LogP contribution >= 0.6 is 0 Å². The highest BCUT2D eigenvalue weighted by Crippen LogP contribution is 2.73. The van der Waals surface area contributed by atoms with Gasteiger partial charge in [-0.05, 0) is 155 Å². The first kappa shape index (κ1) is 64.4. The molecule has 0 aromatic heterocycles. The van der Waals surface area contributed by atoms with Crippen LogP contribution in [0.15, 0.2) is 217 Å². The summed E-state index contributed by atoms with van der Waals surface area (Å²) in [5, 5.41) is 0. The summed E-state index contributed by atoms with van der Waals surface area (Å²) in [7, 11) is 0. The van der Waals surface area contributed by atoms with Crippen LogP contribution in [0.1, 0.15) is 236 Å². The Bertz CT molecular complexity index is 3490. The number of hydrogen-bond acceptors (Lipinski definition) is 2. The van der Waals surface area contributed by atoms with Gasteiger partial charge in [0, 0.05) is 50.9 Å². The summed E-state index contributed by atoms with van der Waals surface area (Å²) in [5.74, 6) is 0.313. The Labute approximate surface area is 545 Å². The van der Waals surface area contributed by atoms with Gasteiger partial charge in [0.1, 0.15) is 0 Å². The van der Waals surface area contributed by atoms with Gasteiger partial charge in [-0.3, -0.25) is 0 Å². The number of fused-ring (bicyclic) bond motifs is 5. The maximum atomic E-state index is 2.85. The first-order chi connectivity index (χ1) is 44.5. The third kappa shape index (κ3) is 14.8. The molecule has 468 valence electrons. The quantitative estimate of drug-likeness (QED) is 0.0361. The van der Waals surface area contributed by atoms with Gasteiger partial charge in [0.15, 0.2) is 0 Å². The monoisotopic (exact) mass is 1190 g/mol. The standard InChI is InChI=1S/C88H106N2/c1-5-9-13-17-21-37-61-87(62-38-22-18-14-10-6-2)83-65-73-53-59-80(90(76-47-35-28-36-48-76)78-57-51-72(52-58-78)70-43-31-26-32-44-70)68-82(73)86(83)88(63-39-23-19-15-11-7-3,64-40-24-20-16-12-8-4)84-66-74-54-60-79(67-81(74)85(84)87)89(75-45-33-27-34-46-75)77-55-49-71(50-56-77)69-41-29-25-30-42-69/h25-36,41-60,65,67-68,86H,5-24,37-40,61-64,66H2,1-4H3. The molecule has 0 fully saturated rings. The zero-order valence-electron chi connectivity index (χ0n) is 55.7. The molecule has 8 aromatic carbocycles. The van der Waals surface area contributed by atoms with E-state index in [1.54, 1.807) is 27.8 Å². The fourth-order valence-corrected chi connectivity index (χ4v) is 16.5. The molecular formula is C88H106N2. The summed E-state index contributed by atoms with van der Waals surface area (Å²) < 4.78 is 0. The Kier molecular flexibility index (Phi) is 23.0. The van der Waals surface area contributed by atoms with Gasteiger partial charge in [0.2, 0.25) is 0 Å². The molecule has 8 aromatic rings. The first-order valence-electron chi connectivity index (χ1n) is 36.2. The summed E-state index contributed by atoms with van der Waals surface area (Å²) in [5.41, 5.74) is 23.8. The predicted molar refractivity (Wildman–Crippen MR) is 391 cm³/mol. The van der Waals surface area contributed by atoms with E-state index in [1.165, 1.54) is 242 Å². The van der Waals surface area contributed by atoms with Gasteiger partial charge in [-0.25, -0.2) is 0 Å². The third-order valence-corrected chi connectivity index (χ3v) is 21.1. The van der Waals surface area contributed by atoms with Crippen molar-refractivity contribution in [1.29, 1.82) is 0 Å². The van der Waals surface area contributed by atoms with Crippen LogP contribution in [0, 0.1) is 10.8 Å². The van der Waals surface area contributed by atoms with Gasteiger partial charge in [-0.15, -0.1) is 0 Å². The molecule has 0 saturated carbocycles. The number of para-hydroxylation sites is 2. The van der Waals surface area contributed by atoms with E-state index in [1.807, 2.05) is 5.57 Å². The molecule has 3 aliphatic carbocycles. The average molecular weight is 1190 g/mol. The van der Waals surface area contributed by atoms with Crippen LogP contribution in [0.5, 0.6) is 0 Å². The van der Waals surface area contributed by atoms with Gasteiger partial charge in [-0.2, -0.15) is 0 Å². The zero-order valence-corrected chi connectivity index (χ0v) is 55.7. The number of nitrogens with zero attached hydrogens (tertiary/aromatic N) is 2. The van der Waals surface area contributed by atoms with E-state index in [9.17, 15) is 0 Å². The number of allylic oxidation sites excluding steroid dienone is 3. The molecular weight excluding hydrogens is 1080 g/mol. The smallest absolute Gasteiger partial charge is 0.0467 e. The van der Waals surface area contributed by atoms with Crippen molar-refractivity contribution in [2.24, 2.45) is 10.8 Å². The highest BCUT2D eigenvalue weighted by molar-refractivity contribution is 5.92. The Balaban J connectivity index is 1.12. The Morgan fingerprint density at radius 2 is 0.689 bits per heavy atom. The maximum Gasteiger partial charge on any atom is 0.0467 e. The van der Waals surface area contributed by atoms with Gasteiger partial charge < -0.3 is 9.80 Å². The molecule has 0 spiro atoms. The lowest BCUT2D eigenvalue weighted by Gasteiger charge is -2.55. The molecule has 1 atom stereocenters. The van der Waals surface area contributed by atoms with Gasteiger partial charge in [0.25, 0.3) is 0 Å². The summed E-state index contributed by atoms with van der Waals surface area (Å²) in [4.78, 5) is 5.12. The zero-order chi connectivity index (χ0) is 61.8. The first-order valence-corrected chi connectivity index (χ1v) is 36.2. The van der Waals surface area contributed by atoms with E-state index in [-0.39, 0.29) is 10.8 Å². The van der Waals surface area contributed by atoms with Crippen LogP contribution in [-0.2, 0) is 6.42 Å². The Morgan fingerprint density at radius 1 is 0.333 bits per heavy atom. The topological polar surface area (TPSA) is 6.48 Å². The van der Waals surface area contributed by atoms with Crippen molar-refractivity contribution in [3.05, 3.63) is 240 Å². The van der Waals surface area contributed by atoms with Crippen LogP contribution in [0.25, 0.3) is 33.9 Å².